The van der Waals surface area contributed by atoms with Gasteiger partial charge in [-0.15, -0.1) is 0 Å². The van der Waals surface area contributed by atoms with E-state index in [2.05, 4.69) is 49.7 Å². The Morgan fingerprint density at radius 1 is 1.48 bits per heavy atom. The van der Waals surface area contributed by atoms with E-state index in [4.69, 9.17) is 0 Å². The molecule has 0 aromatic heterocycles. The van der Waals surface area contributed by atoms with E-state index in [1.165, 1.54) is 24.1 Å². The van der Waals surface area contributed by atoms with E-state index >= 15 is 0 Å². The number of amides is 1. The van der Waals surface area contributed by atoms with Crippen LogP contribution in [0, 0.1) is 5.92 Å². The summed E-state index contributed by atoms with van der Waals surface area (Å²) in [6.07, 6.45) is 2.57. The minimum absolute atomic E-state index is 0.0387. The van der Waals surface area contributed by atoms with E-state index in [1.807, 2.05) is 14.0 Å². The Bertz CT molecular complexity index is 502. The van der Waals surface area contributed by atoms with Crippen LogP contribution in [0.3, 0.4) is 0 Å². The number of hydrogen-bond donors (Lipinski definition) is 2. The van der Waals surface area contributed by atoms with Crippen molar-refractivity contribution in [2.75, 3.05) is 25.5 Å². The number of nitrogens with zero attached hydrogens (tertiary/aromatic N) is 1. The summed E-state index contributed by atoms with van der Waals surface area (Å²) in [5, 5.41) is 6.26. The van der Waals surface area contributed by atoms with Crippen LogP contribution < -0.4 is 15.5 Å². The fraction of sp³-hybridized carbons (Fsp3) is 0.562. The second kappa shape index (κ2) is 7.27. The lowest BCUT2D eigenvalue weighted by molar-refractivity contribution is -0.123. The highest BCUT2D eigenvalue weighted by Crippen LogP contribution is 2.27. The van der Waals surface area contributed by atoms with Gasteiger partial charge in [0, 0.05) is 43.4 Å². The number of nitrogens with one attached hydrogen (secondary N) is 2. The van der Waals surface area contributed by atoms with E-state index < -0.39 is 0 Å². The van der Waals surface area contributed by atoms with E-state index in [9.17, 15) is 4.79 Å². The molecule has 1 atom stereocenters. The fourth-order valence-electron chi connectivity index (χ4n) is 2.42. The first-order valence-electron chi connectivity index (χ1n) is 7.45. The lowest BCUT2D eigenvalue weighted by Crippen LogP contribution is -2.35. The smallest absolute Gasteiger partial charge is 0.224 e. The number of carbonyl (C=O) groups excluding carboxylic acids is 1. The van der Waals surface area contributed by atoms with Crippen molar-refractivity contribution in [3.05, 3.63) is 28.2 Å². The highest BCUT2D eigenvalue weighted by atomic mass is 79.9. The lowest BCUT2D eigenvalue weighted by Gasteiger charge is -2.25. The van der Waals surface area contributed by atoms with Crippen molar-refractivity contribution in [2.24, 2.45) is 5.92 Å². The average Bonchev–Trinajstić information content (AvgIpc) is 3.29. The van der Waals surface area contributed by atoms with Crippen LogP contribution in [-0.4, -0.2) is 32.6 Å². The van der Waals surface area contributed by atoms with E-state index in [0.717, 1.165) is 11.0 Å². The van der Waals surface area contributed by atoms with Crippen molar-refractivity contribution in [2.45, 2.75) is 32.4 Å². The molecule has 1 saturated carbocycles. The molecule has 0 heterocycles. The van der Waals surface area contributed by atoms with Crippen molar-refractivity contribution in [3.8, 4) is 0 Å². The number of carbonyl (C=O) groups is 1. The van der Waals surface area contributed by atoms with Crippen molar-refractivity contribution >= 4 is 27.5 Å². The Morgan fingerprint density at radius 3 is 2.81 bits per heavy atom. The quantitative estimate of drug-likeness (QED) is 0.791. The Balaban J connectivity index is 2.07. The number of anilines is 1. The molecular formula is C16H24BrN3O. The van der Waals surface area contributed by atoms with Crippen LogP contribution in [0.2, 0.25) is 0 Å². The predicted molar refractivity (Wildman–Crippen MR) is 90.5 cm³/mol. The molecule has 0 spiro atoms. The molecule has 0 saturated heterocycles. The summed E-state index contributed by atoms with van der Waals surface area (Å²) in [4.78, 5) is 13.9. The molecule has 1 unspecified atom stereocenters. The Labute approximate surface area is 135 Å². The maximum absolute atomic E-state index is 11.7. The van der Waals surface area contributed by atoms with Gasteiger partial charge in [0.25, 0.3) is 0 Å². The number of halogens is 1. The minimum atomic E-state index is -0.0387. The second-order valence-corrected chi connectivity index (χ2v) is 6.74. The summed E-state index contributed by atoms with van der Waals surface area (Å²) in [6, 6.07) is 7.04. The van der Waals surface area contributed by atoms with Gasteiger partial charge >= 0.3 is 0 Å². The molecule has 1 aliphatic rings. The van der Waals surface area contributed by atoms with Crippen LogP contribution in [0.4, 0.5) is 5.69 Å². The zero-order chi connectivity index (χ0) is 15.4. The van der Waals surface area contributed by atoms with Crippen LogP contribution in [0.15, 0.2) is 22.7 Å². The molecule has 0 bridgehead atoms. The van der Waals surface area contributed by atoms with Gasteiger partial charge in [0.2, 0.25) is 5.91 Å². The summed E-state index contributed by atoms with van der Waals surface area (Å²) in [5.74, 6) is 0.0396. The van der Waals surface area contributed by atoms with Gasteiger partial charge in [0.15, 0.2) is 0 Å². The van der Waals surface area contributed by atoms with Crippen LogP contribution in [-0.2, 0) is 11.3 Å². The van der Waals surface area contributed by atoms with Crippen LogP contribution in [0.25, 0.3) is 0 Å². The van der Waals surface area contributed by atoms with Crippen molar-refractivity contribution in [1.29, 1.82) is 0 Å². The number of hydrogen-bond acceptors (Lipinski definition) is 3. The fourth-order valence-corrected chi connectivity index (χ4v) is 2.77. The maximum atomic E-state index is 11.7. The van der Waals surface area contributed by atoms with Crippen LogP contribution in [0.1, 0.15) is 25.3 Å². The molecule has 21 heavy (non-hydrogen) atoms. The zero-order valence-electron chi connectivity index (χ0n) is 12.9. The molecule has 2 rings (SSSR count). The van der Waals surface area contributed by atoms with Gasteiger partial charge in [0.05, 0.1) is 5.92 Å². The standard InChI is InChI=1S/C16H24BrN3O/c1-11(16(21)18-2)10-20(3)15-8-13(17)5-4-12(15)9-19-14-6-7-14/h4-5,8,11,14,19H,6-7,9-10H2,1-3H3,(H,18,21). The molecule has 116 valence electrons. The highest BCUT2D eigenvalue weighted by Gasteiger charge is 2.21. The first-order valence-corrected chi connectivity index (χ1v) is 8.25. The van der Waals surface area contributed by atoms with E-state index in [-0.39, 0.29) is 11.8 Å². The molecule has 1 aliphatic carbocycles. The highest BCUT2D eigenvalue weighted by molar-refractivity contribution is 9.10. The number of rotatable bonds is 7. The summed E-state index contributed by atoms with van der Waals surface area (Å²) < 4.78 is 1.06. The third-order valence-corrected chi connectivity index (χ3v) is 4.35. The molecule has 1 aromatic rings. The van der Waals surface area contributed by atoms with E-state index in [0.29, 0.717) is 12.6 Å². The predicted octanol–water partition coefficient (Wildman–Crippen LogP) is 2.52. The first kappa shape index (κ1) is 16.3. The molecule has 5 heteroatoms. The van der Waals surface area contributed by atoms with Crippen LogP contribution >= 0.6 is 15.9 Å². The number of benzene rings is 1. The molecular weight excluding hydrogens is 330 g/mol. The molecule has 0 radical (unpaired) electrons. The SMILES string of the molecule is CNC(=O)C(C)CN(C)c1cc(Br)ccc1CNC1CC1. The Kier molecular flexibility index (Phi) is 5.65. The van der Waals surface area contributed by atoms with Gasteiger partial charge in [-0.2, -0.15) is 0 Å². The van der Waals surface area contributed by atoms with Gasteiger partial charge in [0.1, 0.15) is 0 Å². The molecule has 1 aromatic carbocycles. The topological polar surface area (TPSA) is 44.4 Å². The van der Waals surface area contributed by atoms with E-state index in [1.54, 1.807) is 7.05 Å². The molecule has 1 fully saturated rings. The molecule has 0 aliphatic heterocycles. The summed E-state index contributed by atoms with van der Waals surface area (Å²) >= 11 is 3.54. The second-order valence-electron chi connectivity index (χ2n) is 5.82. The lowest BCUT2D eigenvalue weighted by atomic mass is 10.1. The van der Waals surface area contributed by atoms with Gasteiger partial charge in [-0.1, -0.05) is 28.9 Å². The van der Waals surface area contributed by atoms with Gasteiger partial charge in [-0.3, -0.25) is 4.79 Å². The van der Waals surface area contributed by atoms with Crippen molar-refractivity contribution in [3.63, 3.8) is 0 Å². The monoisotopic (exact) mass is 353 g/mol. The van der Waals surface area contributed by atoms with Gasteiger partial charge < -0.3 is 15.5 Å². The summed E-state index contributed by atoms with van der Waals surface area (Å²) in [7, 11) is 3.73. The third-order valence-electron chi connectivity index (χ3n) is 3.86. The minimum Gasteiger partial charge on any atom is -0.374 e. The Morgan fingerprint density at radius 2 is 2.19 bits per heavy atom. The van der Waals surface area contributed by atoms with Gasteiger partial charge in [-0.25, -0.2) is 0 Å². The van der Waals surface area contributed by atoms with Gasteiger partial charge in [-0.05, 0) is 30.5 Å². The summed E-state index contributed by atoms with van der Waals surface area (Å²) in [5.41, 5.74) is 2.45. The normalized spacial score (nSPS) is 15.6. The van der Waals surface area contributed by atoms with Crippen LogP contribution in [0.5, 0.6) is 0 Å². The largest absolute Gasteiger partial charge is 0.374 e. The van der Waals surface area contributed by atoms with Crippen molar-refractivity contribution < 1.29 is 4.79 Å². The molecule has 2 N–H and O–H groups in total. The van der Waals surface area contributed by atoms with Crippen molar-refractivity contribution in [1.82, 2.24) is 10.6 Å². The third kappa shape index (κ3) is 4.71. The molecule has 4 nitrogen and oxygen atoms in total. The summed E-state index contributed by atoms with van der Waals surface area (Å²) in [6.45, 7) is 3.54. The molecule has 1 amide bonds. The average molecular weight is 354 g/mol. The first-order chi connectivity index (χ1) is 10.0. The zero-order valence-corrected chi connectivity index (χ0v) is 14.5. The Hall–Kier alpha value is -1.07. The maximum Gasteiger partial charge on any atom is 0.224 e.